The zero-order valence-electron chi connectivity index (χ0n) is 11.9. The Hall–Kier alpha value is -2.21. The van der Waals surface area contributed by atoms with Crippen LogP contribution < -0.4 is 4.90 Å². The van der Waals surface area contributed by atoms with Gasteiger partial charge in [0.2, 0.25) is 0 Å². The summed E-state index contributed by atoms with van der Waals surface area (Å²) in [6.07, 6.45) is 2.03. The molecule has 21 heavy (non-hydrogen) atoms. The van der Waals surface area contributed by atoms with Crippen molar-refractivity contribution < 1.29 is 14.3 Å². The summed E-state index contributed by atoms with van der Waals surface area (Å²) in [7, 11) is 1.38. The number of pyridine rings is 2. The van der Waals surface area contributed by atoms with Crippen molar-refractivity contribution >= 4 is 22.7 Å². The van der Waals surface area contributed by atoms with Crippen molar-refractivity contribution in [3.8, 4) is 0 Å². The van der Waals surface area contributed by atoms with E-state index in [0.29, 0.717) is 5.69 Å². The van der Waals surface area contributed by atoms with Gasteiger partial charge in [0.15, 0.2) is 0 Å². The normalized spacial score (nSPS) is 15.2. The maximum Gasteiger partial charge on any atom is 0.311 e. The maximum absolute atomic E-state index is 11.3. The topological polar surface area (TPSA) is 64.5 Å². The number of carbonyl (C=O) groups is 1. The highest BCUT2D eigenvalue weighted by Crippen LogP contribution is 2.20. The molecule has 0 bridgehead atoms. The van der Waals surface area contributed by atoms with E-state index in [2.05, 4.69) is 19.6 Å². The van der Waals surface area contributed by atoms with Gasteiger partial charge in [0.05, 0.1) is 55.4 Å². The molecule has 0 amide bonds. The second-order valence-corrected chi connectivity index (χ2v) is 4.89. The van der Waals surface area contributed by atoms with E-state index in [1.54, 1.807) is 6.07 Å². The number of anilines is 1. The molecule has 0 spiro atoms. The van der Waals surface area contributed by atoms with Crippen molar-refractivity contribution in [2.45, 2.75) is 6.42 Å². The van der Waals surface area contributed by atoms with Crippen molar-refractivity contribution in [2.75, 3.05) is 38.3 Å². The summed E-state index contributed by atoms with van der Waals surface area (Å²) in [5, 5.41) is 0. The molecule has 0 radical (unpaired) electrons. The van der Waals surface area contributed by atoms with Crippen molar-refractivity contribution in [2.24, 2.45) is 0 Å². The van der Waals surface area contributed by atoms with E-state index in [-0.39, 0.29) is 12.4 Å². The summed E-state index contributed by atoms with van der Waals surface area (Å²) in [5.41, 5.74) is 3.34. The van der Waals surface area contributed by atoms with Crippen molar-refractivity contribution in [3.05, 3.63) is 30.1 Å². The minimum Gasteiger partial charge on any atom is -0.469 e. The average molecular weight is 287 g/mol. The summed E-state index contributed by atoms with van der Waals surface area (Å²) in [6, 6.07) is 5.69. The van der Waals surface area contributed by atoms with Crippen molar-refractivity contribution in [1.82, 2.24) is 9.97 Å². The van der Waals surface area contributed by atoms with Crippen LogP contribution in [-0.4, -0.2) is 49.4 Å². The van der Waals surface area contributed by atoms with Gasteiger partial charge in [-0.25, -0.2) is 0 Å². The molecule has 0 N–H and O–H groups in total. The Bertz CT molecular complexity index is 654. The second-order valence-electron chi connectivity index (χ2n) is 4.89. The van der Waals surface area contributed by atoms with Gasteiger partial charge in [0.25, 0.3) is 0 Å². The van der Waals surface area contributed by atoms with Gasteiger partial charge in [0, 0.05) is 13.1 Å². The van der Waals surface area contributed by atoms with Crippen LogP contribution in [0.2, 0.25) is 0 Å². The van der Waals surface area contributed by atoms with Crippen LogP contribution in [0.25, 0.3) is 11.0 Å². The van der Waals surface area contributed by atoms with E-state index in [1.165, 1.54) is 7.11 Å². The predicted molar refractivity (Wildman–Crippen MR) is 78.3 cm³/mol. The minimum absolute atomic E-state index is 0.175. The fourth-order valence-electron chi connectivity index (χ4n) is 2.35. The molecule has 6 nitrogen and oxygen atoms in total. The number of ether oxygens (including phenoxy) is 2. The highest BCUT2D eigenvalue weighted by atomic mass is 16.5. The monoisotopic (exact) mass is 287 g/mol. The van der Waals surface area contributed by atoms with Gasteiger partial charge in [0.1, 0.15) is 0 Å². The lowest BCUT2D eigenvalue weighted by Gasteiger charge is -2.28. The number of fused-ring (bicyclic) bond motifs is 1. The Labute approximate surface area is 122 Å². The molecule has 1 saturated heterocycles. The molecule has 1 aliphatic rings. The van der Waals surface area contributed by atoms with Gasteiger partial charge in [-0.3, -0.25) is 14.8 Å². The van der Waals surface area contributed by atoms with E-state index in [0.717, 1.165) is 43.0 Å². The quantitative estimate of drug-likeness (QED) is 0.790. The number of methoxy groups -OCH3 is 1. The lowest BCUT2D eigenvalue weighted by atomic mass is 10.2. The molecule has 110 valence electrons. The van der Waals surface area contributed by atoms with Gasteiger partial charge < -0.3 is 14.4 Å². The zero-order chi connectivity index (χ0) is 14.7. The van der Waals surface area contributed by atoms with E-state index in [9.17, 15) is 4.79 Å². The number of morpholine rings is 1. The van der Waals surface area contributed by atoms with Gasteiger partial charge in [-0.15, -0.1) is 0 Å². The van der Waals surface area contributed by atoms with E-state index in [4.69, 9.17) is 4.74 Å². The number of nitrogens with zero attached hydrogens (tertiary/aromatic N) is 3. The van der Waals surface area contributed by atoms with Crippen LogP contribution in [0.15, 0.2) is 24.4 Å². The summed E-state index contributed by atoms with van der Waals surface area (Å²) in [6.45, 7) is 3.17. The summed E-state index contributed by atoms with van der Waals surface area (Å²) in [4.78, 5) is 22.5. The largest absolute Gasteiger partial charge is 0.469 e. The molecule has 0 unspecified atom stereocenters. The molecule has 6 heteroatoms. The fraction of sp³-hybridized carbons (Fsp3) is 0.400. The standard InChI is InChI=1S/C15H17N3O3/c1-20-15(19)8-11-2-3-13-14(17-11)9-12(10-16-13)18-4-6-21-7-5-18/h2-3,9-10H,4-8H2,1H3. The maximum atomic E-state index is 11.3. The number of esters is 1. The van der Waals surface area contributed by atoms with Crippen LogP contribution >= 0.6 is 0 Å². The van der Waals surface area contributed by atoms with Crippen LogP contribution in [0.4, 0.5) is 5.69 Å². The van der Waals surface area contributed by atoms with Crippen LogP contribution in [0.1, 0.15) is 5.69 Å². The van der Waals surface area contributed by atoms with E-state index >= 15 is 0 Å². The molecule has 0 saturated carbocycles. The van der Waals surface area contributed by atoms with Crippen LogP contribution in [-0.2, 0) is 20.7 Å². The lowest BCUT2D eigenvalue weighted by Crippen LogP contribution is -2.36. The first-order chi connectivity index (χ1) is 10.3. The van der Waals surface area contributed by atoms with Crippen LogP contribution in [0, 0.1) is 0 Å². The highest BCUT2D eigenvalue weighted by Gasteiger charge is 2.13. The number of hydrogen-bond acceptors (Lipinski definition) is 6. The molecular weight excluding hydrogens is 270 g/mol. The Morgan fingerprint density at radius 1 is 1.33 bits per heavy atom. The Kier molecular flexibility index (Phi) is 3.96. The molecule has 0 aromatic carbocycles. The molecule has 2 aromatic rings. The third kappa shape index (κ3) is 3.11. The fourth-order valence-corrected chi connectivity index (χ4v) is 2.35. The summed E-state index contributed by atoms with van der Waals surface area (Å²) < 4.78 is 10.0. The number of aromatic nitrogens is 2. The molecule has 1 aliphatic heterocycles. The Balaban J connectivity index is 1.89. The zero-order valence-corrected chi connectivity index (χ0v) is 11.9. The first-order valence-electron chi connectivity index (χ1n) is 6.91. The predicted octanol–water partition coefficient (Wildman–Crippen LogP) is 1.18. The van der Waals surface area contributed by atoms with E-state index in [1.807, 2.05) is 18.3 Å². The lowest BCUT2D eigenvalue weighted by molar-refractivity contribution is -0.139. The molecule has 3 heterocycles. The van der Waals surface area contributed by atoms with Gasteiger partial charge in [-0.2, -0.15) is 0 Å². The number of carbonyl (C=O) groups excluding carboxylic acids is 1. The third-order valence-electron chi connectivity index (χ3n) is 3.51. The molecule has 2 aromatic heterocycles. The second kappa shape index (κ2) is 6.05. The van der Waals surface area contributed by atoms with Gasteiger partial charge >= 0.3 is 5.97 Å². The van der Waals surface area contributed by atoms with Crippen LogP contribution in [0.5, 0.6) is 0 Å². The summed E-state index contributed by atoms with van der Waals surface area (Å²) in [5.74, 6) is -0.292. The minimum atomic E-state index is -0.292. The smallest absolute Gasteiger partial charge is 0.311 e. The summed E-state index contributed by atoms with van der Waals surface area (Å²) >= 11 is 0. The van der Waals surface area contributed by atoms with Crippen LogP contribution in [0.3, 0.4) is 0 Å². The van der Waals surface area contributed by atoms with E-state index < -0.39 is 0 Å². The third-order valence-corrected chi connectivity index (χ3v) is 3.51. The molecule has 3 rings (SSSR count). The highest BCUT2D eigenvalue weighted by molar-refractivity contribution is 5.79. The first kappa shape index (κ1) is 13.8. The molecular formula is C15H17N3O3. The first-order valence-corrected chi connectivity index (χ1v) is 6.91. The molecule has 1 fully saturated rings. The van der Waals surface area contributed by atoms with Crippen molar-refractivity contribution in [1.29, 1.82) is 0 Å². The molecule has 0 atom stereocenters. The number of hydrogen-bond donors (Lipinski definition) is 0. The van der Waals surface area contributed by atoms with Crippen molar-refractivity contribution in [3.63, 3.8) is 0 Å². The Morgan fingerprint density at radius 3 is 2.90 bits per heavy atom. The molecule has 0 aliphatic carbocycles. The average Bonchev–Trinajstić information content (AvgIpc) is 2.55. The van der Waals surface area contributed by atoms with Gasteiger partial charge in [-0.05, 0) is 18.2 Å². The Morgan fingerprint density at radius 2 is 2.14 bits per heavy atom. The SMILES string of the molecule is COC(=O)Cc1ccc2ncc(N3CCOCC3)cc2n1. The number of rotatable bonds is 3. The van der Waals surface area contributed by atoms with Gasteiger partial charge in [-0.1, -0.05) is 0 Å².